The van der Waals surface area contributed by atoms with E-state index in [1.165, 1.54) is 12.1 Å². The molecule has 0 saturated carbocycles. The van der Waals surface area contributed by atoms with Gasteiger partial charge in [-0.25, -0.2) is 13.1 Å². The van der Waals surface area contributed by atoms with Gasteiger partial charge in [0.15, 0.2) is 6.10 Å². The standard InChI is InChI=1S/C17H14BrClN2O5S/c18-11-3-7-13(8-4-11)27(24,25)21-17(23)16-15(20-14(22)9-26-16)10-1-5-12(19)6-2-10/h1-8,15-16H,9H2,(H,20,22)(H,21,23)/t15-,16-/m1/s1. The number of carbonyl (C=O) groups excluding carboxylic acids is 2. The number of morpholine rings is 1. The molecule has 2 N–H and O–H groups in total. The third-order valence-electron chi connectivity index (χ3n) is 3.86. The predicted octanol–water partition coefficient (Wildman–Crippen LogP) is 2.16. The van der Waals surface area contributed by atoms with E-state index in [0.29, 0.717) is 15.1 Å². The zero-order valence-electron chi connectivity index (χ0n) is 13.7. The van der Waals surface area contributed by atoms with Gasteiger partial charge in [0.1, 0.15) is 6.61 Å². The Labute approximate surface area is 169 Å². The zero-order chi connectivity index (χ0) is 19.6. The summed E-state index contributed by atoms with van der Waals surface area (Å²) in [5.74, 6) is -1.28. The van der Waals surface area contributed by atoms with Gasteiger partial charge in [-0.05, 0) is 42.0 Å². The third kappa shape index (κ3) is 4.67. The number of amides is 2. The topological polar surface area (TPSA) is 102 Å². The number of hydrogen-bond acceptors (Lipinski definition) is 5. The number of benzene rings is 2. The highest BCUT2D eigenvalue weighted by Gasteiger charge is 2.37. The van der Waals surface area contributed by atoms with Crippen molar-refractivity contribution in [1.29, 1.82) is 0 Å². The fourth-order valence-electron chi connectivity index (χ4n) is 2.57. The van der Waals surface area contributed by atoms with Gasteiger partial charge in [-0.15, -0.1) is 0 Å². The van der Waals surface area contributed by atoms with Gasteiger partial charge < -0.3 is 10.1 Å². The van der Waals surface area contributed by atoms with E-state index in [2.05, 4.69) is 21.2 Å². The predicted molar refractivity (Wildman–Crippen MR) is 102 cm³/mol. The maximum absolute atomic E-state index is 12.6. The van der Waals surface area contributed by atoms with Crippen molar-refractivity contribution in [2.45, 2.75) is 17.0 Å². The second-order valence-corrected chi connectivity index (χ2v) is 8.79. The largest absolute Gasteiger partial charge is 0.356 e. The molecule has 1 heterocycles. The lowest BCUT2D eigenvalue weighted by Gasteiger charge is -2.31. The van der Waals surface area contributed by atoms with Crippen LogP contribution >= 0.6 is 27.5 Å². The molecule has 2 atom stereocenters. The number of carbonyl (C=O) groups is 2. The molecule has 2 aromatic rings. The number of nitrogens with one attached hydrogen (secondary N) is 2. The molecule has 1 saturated heterocycles. The van der Waals surface area contributed by atoms with Crippen molar-refractivity contribution in [1.82, 2.24) is 10.0 Å². The zero-order valence-corrected chi connectivity index (χ0v) is 16.8. The van der Waals surface area contributed by atoms with Crippen LogP contribution in [0.5, 0.6) is 0 Å². The molecule has 0 bridgehead atoms. The average Bonchev–Trinajstić information content (AvgIpc) is 2.62. The van der Waals surface area contributed by atoms with Crippen LogP contribution in [0.25, 0.3) is 0 Å². The number of rotatable bonds is 4. The maximum atomic E-state index is 12.6. The molecule has 0 aliphatic carbocycles. The molecule has 0 spiro atoms. The molecule has 3 rings (SSSR count). The Hall–Kier alpha value is -1.94. The lowest BCUT2D eigenvalue weighted by Crippen LogP contribution is -2.53. The SMILES string of the molecule is O=C1CO[C@@H](C(=O)NS(=O)(=O)c2ccc(Br)cc2)[C@@H](c2ccc(Cl)cc2)N1. The van der Waals surface area contributed by atoms with Crippen LogP contribution in [-0.4, -0.2) is 32.9 Å². The van der Waals surface area contributed by atoms with Crippen LogP contribution in [0.2, 0.25) is 5.02 Å². The van der Waals surface area contributed by atoms with E-state index in [-0.39, 0.29) is 11.5 Å². The van der Waals surface area contributed by atoms with E-state index < -0.39 is 34.0 Å². The molecule has 2 amide bonds. The van der Waals surface area contributed by atoms with Crippen molar-refractivity contribution in [3.8, 4) is 0 Å². The van der Waals surface area contributed by atoms with Gasteiger partial charge >= 0.3 is 0 Å². The van der Waals surface area contributed by atoms with E-state index in [1.54, 1.807) is 36.4 Å². The molecule has 7 nitrogen and oxygen atoms in total. The summed E-state index contributed by atoms with van der Waals surface area (Å²) in [5, 5.41) is 3.13. The van der Waals surface area contributed by atoms with E-state index in [1.807, 2.05) is 4.72 Å². The first-order chi connectivity index (χ1) is 12.8. The Bertz CT molecular complexity index is 964. The van der Waals surface area contributed by atoms with Crippen LogP contribution in [-0.2, 0) is 24.3 Å². The van der Waals surface area contributed by atoms with E-state index in [0.717, 1.165) is 0 Å². The highest BCUT2D eigenvalue weighted by Crippen LogP contribution is 2.25. The average molecular weight is 474 g/mol. The van der Waals surface area contributed by atoms with Crippen LogP contribution in [0.4, 0.5) is 0 Å². The van der Waals surface area contributed by atoms with E-state index in [4.69, 9.17) is 16.3 Å². The maximum Gasteiger partial charge on any atom is 0.265 e. The van der Waals surface area contributed by atoms with Crippen LogP contribution in [0.15, 0.2) is 57.9 Å². The molecular formula is C17H14BrClN2O5S. The van der Waals surface area contributed by atoms with Crippen LogP contribution < -0.4 is 10.0 Å². The number of halogens is 2. The summed E-state index contributed by atoms with van der Waals surface area (Å²) in [6, 6.07) is 11.4. The smallest absolute Gasteiger partial charge is 0.265 e. The summed E-state index contributed by atoms with van der Waals surface area (Å²) >= 11 is 9.08. The summed E-state index contributed by atoms with van der Waals surface area (Å²) in [7, 11) is -4.09. The first-order valence-electron chi connectivity index (χ1n) is 7.75. The summed E-state index contributed by atoms with van der Waals surface area (Å²) in [5.41, 5.74) is 0.564. The van der Waals surface area contributed by atoms with Gasteiger partial charge in [-0.2, -0.15) is 0 Å². The van der Waals surface area contributed by atoms with Crippen molar-refractivity contribution in [2.75, 3.05) is 6.61 Å². The van der Waals surface area contributed by atoms with Gasteiger partial charge in [0.05, 0.1) is 10.9 Å². The monoisotopic (exact) mass is 472 g/mol. The van der Waals surface area contributed by atoms with E-state index >= 15 is 0 Å². The lowest BCUT2D eigenvalue weighted by molar-refractivity contribution is -0.146. The van der Waals surface area contributed by atoms with Crippen molar-refractivity contribution in [3.63, 3.8) is 0 Å². The first kappa shape index (κ1) is 19.8. The minimum absolute atomic E-state index is 0.0677. The van der Waals surface area contributed by atoms with Crippen LogP contribution in [0.1, 0.15) is 11.6 Å². The second kappa shape index (κ2) is 7.97. The molecule has 142 valence electrons. The molecule has 0 aromatic heterocycles. The molecular weight excluding hydrogens is 460 g/mol. The molecule has 0 radical (unpaired) electrons. The molecule has 10 heteroatoms. The number of ether oxygens (including phenoxy) is 1. The Morgan fingerprint density at radius 3 is 2.41 bits per heavy atom. The Morgan fingerprint density at radius 1 is 1.15 bits per heavy atom. The Balaban J connectivity index is 1.83. The second-order valence-electron chi connectivity index (χ2n) is 5.75. The van der Waals surface area contributed by atoms with Gasteiger partial charge in [0.25, 0.3) is 15.9 Å². The summed E-state index contributed by atoms with van der Waals surface area (Å²) < 4.78 is 32.9. The van der Waals surface area contributed by atoms with Gasteiger partial charge in [-0.1, -0.05) is 39.7 Å². The summed E-state index contributed by atoms with van der Waals surface area (Å²) in [6.07, 6.45) is -1.21. The van der Waals surface area contributed by atoms with Crippen LogP contribution in [0.3, 0.4) is 0 Å². The van der Waals surface area contributed by atoms with Crippen molar-refractivity contribution in [2.24, 2.45) is 0 Å². The third-order valence-corrected chi connectivity index (χ3v) is 6.00. The molecule has 1 aliphatic rings. The molecule has 27 heavy (non-hydrogen) atoms. The van der Waals surface area contributed by atoms with Crippen molar-refractivity contribution >= 4 is 49.4 Å². The fourth-order valence-corrected chi connectivity index (χ4v) is 3.95. The van der Waals surface area contributed by atoms with Gasteiger partial charge in [-0.3, -0.25) is 9.59 Å². The van der Waals surface area contributed by atoms with Crippen LogP contribution in [0, 0.1) is 0 Å². The molecule has 0 unspecified atom stereocenters. The minimum Gasteiger partial charge on any atom is -0.356 e. The molecule has 1 aliphatic heterocycles. The Kier molecular flexibility index (Phi) is 5.85. The van der Waals surface area contributed by atoms with Crippen molar-refractivity contribution < 1.29 is 22.7 Å². The quantitative estimate of drug-likeness (QED) is 0.709. The highest BCUT2D eigenvalue weighted by atomic mass is 79.9. The Morgan fingerprint density at radius 2 is 1.78 bits per heavy atom. The fraction of sp³-hybridized carbons (Fsp3) is 0.176. The summed E-state index contributed by atoms with van der Waals surface area (Å²) in [6.45, 7) is -0.347. The lowest BCUT2D eigenvalue weighted by atomic mass is 9.99. The normalized spacial score (nSPS) is 20.0. The minimum atomic E-state index is -4.09. The van der Waals surface area contributed by atoms with Gasteiger partial charge in [0, 0.05) is 9.50 Å². The van der Waals surface area contributed by atoms with Gasteiger partial charge in [0.2, 0.25) is 5.91 Å². The number of sulfonamides is 1. The highest BCUT2D eigenvalue weighted by molar-refractivity contribution is 9.10. The summed E-state index contributed by atoms with van der Waals surface area (Å²) in [4.78, 5) is 24.2. The van der Waals surface area contributed by atoms with E-state index in [9.17, 15) is 18.0 Å². The molecule has 2 aromatic carbocycles. The van der Waals surface area contributed by atoms with Crippen molar-refractivity contribution in [3.05, 3.63) is 63.6 Å². The number of hydrogen-bond donors (Lipinski definition) is 2. The molecule has 1 fully saturated rings. The first-order valence-corrected chi connectivity index (χ1v) is 10.4.